The zero-order valence-electron chi connectivity index (χ0n) is 24.7. The number of ether oxygens (including phenoxy) is 2. The second-order valence-corrected chi connectivity index (χ2v) is 10.5. The number of hydrogen-bond donors (Lipinski definition) is 2. The van der Waals surface area contributed by atoms with Crippen LogP contribution in [0.2, 0.25) is 5.02 Å². The molecule has 3 aromatic carbocycles. The number of hydrogen-bond acceptors (Lipinski definition) is 7. The molecule has 44 heavy (non-hydrogen) atoms. The number of nitrogens with one attached hydrogen (secondary N) is 1. The summed E-state index contributed by atoms with van der Waals surface area (Å²) in [6.07, 6.45) is 5.23. The number of carbonyl (C=O) groups excluding carboxylic acids is 4. The molecule has 0 saturated heterocycles. The van der Waals surface area contributed by atoms with Crippen molar-refractivity contribution < 1.29 is 28.7 Å². The number of aldehydes is 1. The lowest BCUT2D eigenvalue weighted by Gasteiger charge is -2.23. The summed E-state index contributed by atoms with van der Waals surface area (Å²) in [6, 6.07) is 22.0. The lowest BCUT2D eigenvalue weighted by Crippen LogP contribution is -2.50. The van der Waals surface area contributed by atoms with Crippen LogP contribution in [-0.2, 0) is 32.0 Å². The molecule has 1 unspecified atom stereocenters. The van der Waals surface area contributed by atoms with Crippen LogP contribution in [-0.4, -0.2) is 67.9 Å². The Morgan fingerprint density at radius 2 is 1.66 bits per heavy atom. The first kappa shape index (κ1) is 34.0. The number of halogens is 1. The van der Waals surface area contributed by atoms with Crippen molar-refractivity contribution in [1.82, 2.24) is 10.2 Å². The monoisotopic (exact) mass is 619 g/mol. The molecule has 2 atom stereocenters. The Kier molecular flexibility index (Phi) is 14.1. The number of methoxy groups -OCH3 is 1. The van der Waals surface area contributed by atoms with Gasteiger partial charge in [-0.25, -0.2) is 4.79 Å². The Hall–Kier alpha value is -4.47. The molecule has 232 valence electrons. The second-order valence-electron chi connectivity index (χ2n) is 10.1. The maximum Gasteiger partial charge on any atom is 0.328 e. The van der Waals surface area contributed by atoms with Crippen molar-refractivity contribution in [1.29, 1.82) is 0 Å². The minimum absolute atomic E-state index is 0.00168. The molecule has 0 radical (unpaired) electrons. The van der Waals surface area contributed by atoms with Gasteiger partial charge < -0.3 is 25.4 Å². The predicted octanol–water partition coefficient (Wildman–Crippen LogP) is 4.17. The topological polar surface area (TPSA) is 128 Å². The molecule has 0 aromatic heterocycles. The fraction of sp³-hybridized carbons (Fsp3) is 0.294. The molecule has 3 aromatic rings. The van der Waals surface area contributed by atoms with E-state index in [9.17, 15) is 19.2 Å². The number of benzene rings is 3. The van der Waals surface area contributed by atoms with Crippen molar-refractivity contribution in [3.05, 3.63) is 113 Å². The first-order valence-corrected chi connectivity index (χ1v) is 14.7. The summed E-state index contributed by atoms with van der Waals surface area (Å²) in [6.45, 7) is 0.902. The molecule has 3 rings (SSSR count). The highest BCUT2D eigenvalue weighted by atomic mass is 35.5. The van der Waals surface area contributed by atoms with Crippen LogP contribution in [0, 0.1) is 0 Å². The zero-order chi connectivity index (χ0) is 31.7. The summed E-state index contributed by atoms with van der Waals surface area (Å²) in [7, 11) is 1.23. The molecule has 2 amide bonds. The average molecular weight is 620 g/mol. The average Bonchev–Trinajstić information content (AvgIpc) is 3.04. The molecule has 0 saturated carbocycles. The standard InChI is InChI=1S/C34H38ClN3O6/c1-43-34(42)30(37-33(41)29(36)22-26-12-6-3-7-13-26)16-17-32(40)38(20-18-25-10-4-2-5-11-25)19-8-9-21-44-31-23-28(35)15-14-27(31)24-39/h2-15,23-24,29-30H,16-22,36H2,1H3,(H,37,41)/b9-8+/t29?,30-/m0/s1. The van der Waals surface area contributed by atoms with Crippen molar-refractivity contribution in [3.8, 4) is 5.75 Å². The lowest BCUT2D eigenvalue weighted by molar-refractivity contribution is -0.145. The van der Waals surface area contributed by atoms with Gasteiger partial charge in [-0.3, -0.25) is 14.4 Å². The van der Waals surface area contributed by atoms with E-state index in [0.717, 1.165) is 11.1 Å². The van der Waals surface area contributed by atoms with E-state index in [1.807, 2.05) is 60.7 Å². The van der Waals surface area contributed by atoms with E-state index in [1.54, 1.807) is 35.3 Å². The smallest absolute Gasteiger partial charge is 0.328 e. The third-order valence-electron chi connectivity index (χ3n) is 6.88. The summed E-state index contributed by atoms with van der Waals surface area (Å²) in [5.74, 6) is -0.977. The molecular weight excluding hydrogens is 582 g/mol. The summed E-state index contributed by atoms with van der Waals surface area (Å²) < 4.78 is 10.6. The molecule has 0 bridgehead atoms. The number of nitrogens with two attached hydrogens (primary N) is 1. The number of esters is 1. The van der Waals surface area contributed by atoms with Gasteiger partial charge in [-0.05, 0) is 54.7 Å². The van der Waals surface area contributed by atoms with E-state index >= 15 is 0 Å². The van der Waals surface area contributed by atoms with Gasteiger partial charge in [0.25, 0.3) is 0 Å². The fourth-order valence-electron chi connectivity index (χ4n) is 4.42. The summed E-state index contributed by atoms with van der Waals surface area (Å²) in [5, 5.41) is 3.11. The normalized spacial score (nSPS) is 12.2. The highest BCUT2D eigenvalue weighted by molar-refractivity contribution is 6.30. The van der Waals surface area contributed by atoms with Crippen LogP contribution >= 0.6 is 11.6 Å². The second kappa shape index (κ2) is 18.3. The number of nitrogens with zero attached hydrogens (tertiary/aromatic N) is 1. The van der Waals surface area contributed by atoms with Crippen molar-refractivity contribution in [2.24, 2.45) is 5.73 Å². The van der Waals surface area contributed by atoms with Crippen LogP contribution in [0.3, 0.4) is 0 Å². The van der Waals surface area contributed by atoms with Crippen molar-refractivity contribution in [3.63, 3.8) is 0 Å². The van der Waals surface area contributed by atoms with E-state index in [4.69, 9.17) is 26.8 Å². The minimum Gasteiger partial charge on any atom is -0.489 e. The van der Waals surface area contributed by atoms with E-state index in [1.165, 1.54) is 7.11 Å². The minimum atomic E-state index is -1.03. The Morgan fingerprint density at radius 3 is 2.32 bits per heavy atom. The highest BCUT2D eigenvalue weighted by Gasteiger charge is 2.26. The number of amides is 2. The fourth-order valence-corrected chi connectivity index (χ4v) is 4.58. The van der Waals surface area contributed by atoms with E-state index < -0.39 is 24.0 Å². The third-order valence-corrected chi connectivity index (χ3v) is 7.12. The van der Waals surface area contributed by atoms with Crippen LogP contribution in [0.1, 0.15) is 34.3 Å². The summed E-state index contributed by atoms with van der Waals surface area (Å²) in [4.78, 5) is 51.6. The Balaban J connectivity index is 1.60. The van der Waals surface area contributed by atoms with Crippen LogP contribution in [0.15, 0.2) is 91.0 Å². The van der Waals surface area contributed by atoms with E-state index in [2.05, 4.69) is 5.32 Å². The zero-order valence-corrected chi connectivity index (χ0v) is 25.4. The molecule has 0 fully saturated rings. The van der Waals surface area contributed by atoms with Crippen molar-refractivity contribution >= 4 is 35.7 Å². The molecule has 0 aliphatic carbocycles. The third kappa shape index (κ3) is 11.3. The van der Waals surface area contributed by atoms with Crippen molar-refractivity contribution in [2.75, 3.05) is 26.8 Å². The summed E-state index contributed by atoms with van der Waals surface area (Å²) in [5.41, 5.74) is 8.45. The highest BCUT2D eigenvalue weighted by Crippen LogP contribution is 2.22. The largest absolute Gasteiger partial charge is 0.489 e. The lowest BCUT2D eigenvalue weighted by atomic mass is 10.0. The molecule has 3 N–H and O–H groups in total. The van der Waals surface area contributed by atoms with Crippen molar-refractivity contribution in [2.45, 2.75) is 37.8 Å². The van der Waals surface area contributed by atoms with Crippen LogP contribution < -0.4 is 15.8 Å². The molecule has 9 nitrogen and oxygen atoms in total. The molecule has 10 heteroatoms. The first-order chi connectivity index (χ1) is 21.3. The number of rotatable bonds is 17. The predicted molar refractivity (Wildman–Crippen MR) is 170 cm³/mol. The van der Waals surface area contributed by atoms with Crippen LogP contribution in [0.4, 0.5) is 0 Å². The van der Waals surface area contributed by atoms with Gasteiger partial charge in [-0.15, -0.1) is 0 Å². The molecule has 0 aliphatic rings. The van der Waals surface area contributed by atoms with Crippen LogP contribution in [0.5, 0.6) is 5.75 Å². The van der Waals surface area contributed by atoms with Gasteiger partial charge in [0.2, 0.25) is 11.8 Å². The maximum atomic E-state index is 13.4. The molecule has 0 spiro atoms. The summed E-state index contributed by atoms with van der Waals surface area (Å²) >= 11 is 6.02. The number of carbonyl (C=O) groups is 4. The molecule has 0 heterocycles. The van der Waals surface area contributed by atoms with Gasteiger partial charge in [-0.2, -0.15) is 0 Å². The van der Waals surface area contributed by atoms with E-state index in [-0.39, 0.29) is 25.4 Å². The first-order valence-electron chi connectivity index (χ1n) is 14.3. The van der Waals surface area contributed by atoms with Gasteiger partial charge in [-0.1, -0.05) is 78.3 Å². The van der Waals surface area contributed by atoms with Gasteiger partial charge in [0.05, 0.1) is 18.7 Å². The quantitative estimate of drug-likeness (QED) is 0.132. The van der Waals surface area contributed by atoms with Gasteiger partial charge in [0.1, 0.15) is 18.4 Å². The Labute approximate surface area is 263 Å². The van der Waals surface area contributed by atoms with Crippen LogP contribution in [0.25, 0.3) is 0 Å². The molecular formula is C34H38ClN3O6. The Morgan fingerprint density at radius 1 is 0.977 bits per heavy atom. The Bertz CT molecular complexity index is 1400. The van der Waals surface area contributed by atoms with Gasteiger partial charge >= 0.3 is 5.97 Å². The molecule has 0 aliphatic heterocycles. The SMILES string of the molecule is COC(=O)[C@H](CCC(=O)N(C/C=C/COc1cc(Cl)ccc1C=O)CCc1ccccc1)NC(=O)C(N)Cc1ccccc1. The van der Waals surface area contributed by atoms with Gasteiger partial charge in [0.15, 0.2) is 6.29 Å². The maximum absolute atomic E-state index is 13.4. The van der Waals surface area contributed by atoms with E-state index in [0.29, 0.717) is 48.6 Å². The van der Waals surface area contributed by atoms with Gasteiger partial charge in [0, 0.05) is 24.5 Å².